The average molecular weight is 452 g/mol. The Kier molecular flexibility index (Phi) is 8.07. The lowest BCUT2D eigenvalue weighted by atomic mass is 10.0. The highest BCUT2D eigenvalue weighted by molar-refractivity contribution is 5.91. The highest BCUT2D eigenvalue weighted by Gasteiger charge is 2.30. The van der Waals surface area contributed by atoms with Gasteiger partial charge in [-0.25, -0.2) is 9.59 Å². The fourth-order valence-corrected chi connectivity index (χ4v) is 3.52. The summed E-state index contributed by atoms with van der Waals surface area (Å²) in [6, 6.07) is 15.1. The van der Waals surface area contributed by atoms with Gasteiger partial charge in [0, 0.05) is 23.5 Å². The summed E-state index contributed by atoms with van der Waals surface area (Å²) >= 11 is 0. The highest BCUT2D eigenvalue weighted by atomic mass is 16.5. The Labute approximate surface area is 192 Å². The number of H-pyrrole nitrogens is 1. The van der Waals surface area contributed by atoms with Crippen molar-refractivity contribution in [3.63, 3.8) is 0 Å². The number of carbonyl (C=O) groups excluding carboxylic acids is 3. The van der Waals surface area contributed by atoms with Crippen LogP contribution in [0.15, 0.2) is 60.8 Å². The van der Waals surface area contributed by atoms with Crippen molar-refractivity contribution in [3.8, 4) is 0 Å². The van der Waals surface area contributed by atoms with Crippen molar-refractivity contribution >= 4 is 28.9 Å². The maximum atomic E-state index is 13.2. The molecule has 0 bridgehead atoms. The molecular formula is C25H29N3O5. The van der Waals surface area contributed by atoms with Gasteiger partial charge in [-0.3, -0.25) is 4.79 Å². The van der Waals surface area contributed by atoms with Crippen molar-refractivity contribution in [2.24, 2.45) is 5.92 Å². The summed E-state index contributed by atoms with van der Waals surface area (Å²) < 4.78 is 10.1. The van der Waals surface area contributed by atoms with Crippen LogP contribution in [0.5, 0.6) is 0 Å². The lowest BCUT2D eigenvalue weighted by Crippen LogP contribution is -2.54. The Morgan fingerprint density at radius 3 is 2.36 bits per heavy atom. The number of amides is 2. The number of hydrogen-bond donors (Lipinski definition) is 3. The van der Waals surface area contributed by atoms with Gasteiger partial charge in [0.25, 0.3) is 0 Å². The summed E-state index contributed by atoms with van der Waals surface area (Å²) in [6.45, 7) is 3.68. The number of benzene rings is 2. The minimum atomic E-state index is -0.960. The zero-order valence-corrected chi connectivity index (χ0v) is 19.0. The van der Waals surface area contributed by atoms with E-state index < -0.39 is 30.1 Å². The summed E-state index contributed by atoms with van der Waals surface area (Å²) in [6.07, 6.45) is 1.29. The van der Waals surface area contributed by atoms with Crippen LogP contribution in [0.2, 0.25) is 0 Å². The summed E-state index contributed by atoms with van der Waals surface area (Å²) in [5.74, 6) is -1.24. The first-order chi connectivity index (χ1) is 15.9. The molecule has 3 rings (SSSR count). The quantitative estimate of drug-likeness (QED) is 0.433. The van der Waals surface area contributed by atoms with E-state index in [0.29, 0.717) is 0 Å². The van der Waals surface area contributed by atoms with Gasteiger partial charge in [0.05, 0.1) is 7.11 Å². The van der Waals surface area contributed by atoms with Gasteiger partial charge in [0.15, 0.2) is 0 Å². The first kappa shape index (κ1) is 23.8. The number of carbonyl (C=O) groups is 3. The summed E-state index contributed by atoms with van der Waals surface area (Å²) in [7, 11) is 1.27. The maximum Gasteiger partial charge on any atom is 0.408 e. The Morgan fingerprint density at radius 2 is 1.67 bits per heavy atom. The number of rotatable bonds is 9. The first-order valence-electron chi connectivity index (χ1n) is 10.8. The summed E-state index contributed by atoms with van der Waals surface area (Å²) in [5.41, 5.74) is 2.61. The minimum absolute atomic E-state index is 0.0743. The van der Waals surface area contributed by atoms with E-state index in [1.54, 1.807) is 13.8 Å². The summed E-state index contributed by atoms with van der Waals surface area (Å²) in [5, 5.41) is 6.31. The number of fused-ring (bicyclic) bond motifs is 1. The molecule has 0 spiro atoms. The SMILES string of the molecule is COC(=O)[C@@H](NC(=O)[C@H](Cc1c[nH]c2ccccc12)NC(=O)OCc1ccccc1)C(C)C. The molecule has 0 saturated heterocycles. The second-order valence-corrected chi connectivity index (χ2v) is 8.08. The Hall–Kier alpha value is -3.81. The second-order valence-electron chi connectivity index (χ2n) is 8.08. The second kappa shape index (κ2) is 11.2. The molecule has 0 aliphatic heterocycles. The van der Waals surface area contributed by atoms with Crippen LogP contribution in [-0.4, -0.2) is 42.1 Å². The number of ether oxygens (including phenoxy) is 2. The molecule has 2 aromatic carbocycles. The standard InChI is InChI=1S/C25H29N3O5/c1-16(2)22(24(30)32-3)28-23(29)21(13-18-14-26-20-12-8-7-11-19(18)20)27-25(31)33-15-17-9-5-4-6-10-17/h4-12,14,16,21-22,26H,13,15H2,1-3H3,(H,27,31)(H,28,29)/t21-,22-/m0/s1. The van der Waals surface area contributed by atoms with E-state index in [9.17, 15) is 14.4 Å². The van der Waals surface area contributed by atoms with Crippen LogP contribution >= 0.6 is 0 Å². The number of alkyl carbamates (subject to hydrolysis) is 1. The fourth-order valence-electron chi connectivity index (χ4n) is 3.52. The molecule has 0 aliphatic carbocycles. The lowest BCUT2D eigenvalue weighted by Gasteiger charge is -2.24. The molecular weight excluding hydrogens is 422 g/mol. The van der Waals surface area contributed by atoms with E-state index in [2.05, 4.69) is 15.6 Å². The first-order valence-corrected chi connectivity index (χ1v) is 10.8. The van der Waals surface area contributed by atoms with Crippen molar-refractivity contribution in [1.82, 2.24) is 15.6 Å². The van der Waals surface area contributed by atoms with Gasteiger partial charge in [0.1, 0.15) is 18.7 Å². The van der Waals surface area contributed by atoms with Gasteiger partial charge >= 0.3 is 12.1 Å². The van der Waals surface area contributed by atoms with Crippen LogP contribution in [0.4, 0.5) is 4.79 Å². The Balaban J connectivity index is 1.76. The molecule has 0 radical (unpaired) electrons. The van der Waals surface area contributed by atoms with E-state index in [4.69, 9.17) is 9.47 Å². The molecule has 0 aliphatic rings. The zero-order chi connectivity index (χ0) is 23.8. The molecule has 0 fully saturated rings. The summed E-state index contributed by atoms with van der Waals surface area (Å²) in [4.78, 5) is 41.0. The molecule has 1 heterocycles. The fraction of sp³-hybridized carbons (Fsp3) is 0.320. The molecule has 174 valence electrons. The largest absolute Gasteiger partial charge is 0.467 e. The molecule has 1 aromatic heterocycles. The monoisotopic (exact) mass is 451 g/mol. The number of aromatic amines is 1. The third-order valence-corrected chi connectivity index (χ3v) is 5.34. The van der Waals surface area contributed by atoms with Gasteiger partial charge in [-0.2, -0.15) is 0 Å². The van der Waals surface area contributed by atoms with Gasteiger partial charge in [-0.05, 0) is 23.1 Å². The van der Waals surface area contributed by atoms with Crippen molar-refractivity contribution in [2.75, 3.05) is 7.11 Å². The molecule has 3 N–H and O–H groups in total. The molecule has 33 heavy (non-hydrogen) atoms. The van der Waals surface area contributed by atoms with Crippen LogP contribution in [0.25, 0.3) is 10.9 Å². The smallest absolute Gasteiger partial charge is 0.408 e. The lowest BCUT2D eigenvalue weighted by molar-refractivity contribution is -0.146. The van der Waals surface area contributed by atoms with Crippen LogP contribution in [0.3, 0.4) is 0 Å². The van der Waals surface area contributed by atoms with E-state index in [-0.39, 0.29) is 18.9 Å². The predicted octanol–water partition coefficient (Wildman–Crippen LogP) is 3.32. The number of hydrogen-bond acceptors (Lipinski definition) is 5. The number of methoxy groups -OCH3 is 1. The van der Waals surface area contributed by atoms with Crippen LogP contribution in [0, 0.1) is 5.92 Å². The number of para-hydroxylation sites is 1. The van der Waals surface area contributed by atoms with Gasteiger partial charge < -0.3 is 25.1 Å². The predicted molar refractivity (Wildman–Crippen MR) is 124 cm³/mol. The number of nitrogens with one attached hydrogen (secondary N) is 3. The molecule has 2 atom stereocenters. The molecule has 3 aromatic rings. The normalized spacial score (nSPS) is 12.7. The molecule has 8 nitrogen and oxygen atoms in total. The molecule has 8 heteroatoms. The zero-order valence-electron chi connectivity index (χ0n) is 19.0. The van der Waals surface area contributed by atoms with Crippen molar-refractivity contribution < 1.29 is 23.9 Å². The van der Waals surface area contributed by atoms with Crippen LogP contribution < -0.4 is 10.6 Å². The van der Waals surface area contributed by atoms with Crippen molar-refractivity contribution in [3.05, 3.63) is 71.9 Å². The van der Waals surface area contributed by atoms with Gasteiger partial charge in [0.2, 0.25) is 5.91 Å². The third kappa shape index (κ3) is 6.35. The van der Waals surface area contributed by atoms with Crippen molar-refractivity contribution in [2.45, 2.75) is 39.0 Å². The maximum absolute atomic E-state index is 13.2. The number of aromatic nitrogens is 1. The van der Waals surface area contributed by atoms with E-state index >= 15 is 0 Å². The van der Waals surface area contributed by atoms with Gasteiger partial charge in [-0.15, -0.1) is 0 Å². The third-order valence-electron chi connectivity index (χ3n) is 5.34. The van der Waals surface area contributed by atoms with Crippen molar-refractivity contribution in [1.29, 1.82) is 0 Å². The highest BCUT2D eigenvalue weighted by Crippen LogP contribution is 2.19. The topological polar surface area (TPSA) is 110 Å². The Morgan fingerprint density at radius 1 is 0.970 bits per heavy atom. The van der Waals surface area contributed by atoms with E-state index in [0.717, 1.165) is 22.0 Å². The van der Waals surface area contributed by atoms with E-state index in [1.165, 1.54) is 7.11 Å². The molecule has 0 unspecified atom stereocenters. The number of esters is 1. The molecule has 0 saturated carbocycles. The average Bonchev–Trinajstić information content (AvgIpc) is 3.23. The Bertz CT molecular complexity index is 1090. The van der Waals surface area contributed by atoms with Crippen LogP contribution in [0.1, 0.15) is 25.0 Å². The van der Waals surface area contributed by atoms with E-state index in [1.807, 2.05) is 60.8 Å². The van der Waals surface area contributed by atoms with Crippen LogP contribution in [-0.2, 0) is 32.1 Å². The minimum Gasteiger partial charge on any atom is -0.467 e. The molecule has 2 amide bonds. The van der Waals surface area contributed by atoms with Gasteiger partial charge in [-0.1, -0.05) is 62.4 Å².